The largest absolute Gasteiger partial charge is 0.477 e. The molecule has 7 heteroatoms. The van der Waals surface area contributed by atoms with Crippen LogP contribution < -0.4 is 4.74 Å². The standard InChI is InChI=1S/C26H39N3O4/c1-26(2,3)33-25(30)29-15-21-13-28(14-22(21)16-29)12-19-10-23(20-4-5-20)24(27-11-19)32-17-18-6-8-31-9-7-18/h10-11,18,20-22H,4-9,12-17H2,1-3H3/t21-,22-/m1/s1. The molecule has 1 aromatic rings. The number of fused-ring (bicyclic) bond motifs is 1. The topological polar surface area (TPSA) is 64.1 Å². The first-order valence-corrected chi connectivity index (χ1v) is 12.7. The van der Waals surface area contributed by atoms with E-state index in [4.69, 9.17) is 19.2 Å². The van der Waals surface area contributed by atoms with Crippen LogP contribution in [0.5, 0.6) is 5.88 Å². The van der Waals surface area contributed by atoms with Crippen molar-refractivity contribution in [1.29, 1.82) is 0 Å². The van der Waals surface area contributed by atoms with Crippen LogP contribution in [0.25, 0.3) is 0 Å². The summed E-state index contributed by atoms with van der Waals surface area (Å²) in [7, 11) is 0. The highest BCUT2D eigenvalue weighted by atomic mass is 16.6. The molecular weight excluding hydrogens is 418 g/mol. The maximum Gasteiger partial charge on any atom is 0.410 e. The van der Waals surface area contributed by atoms with E-state index in [0.29, 0.717) is 23.7 Å². The lowest BCUT2D eigenvalue weighted by Crippen LogP contribution is -2.37. The van der Waals surface area contributed by atoms with E-state index < -0.39 is 5.60 Å². The van der Waals surface area contributed by atoms with Crippen molar-refractivity contribution >= 4 is 6.09 Å². The van der Waals surface area contributed by atoms with E-state index in [-0.39, 0.29) is 6.09 Å². The summed E-state index contributed by atoms with van der Waals surface area (Å²) in [6.45, 7) is 12.8. The zero-order valence-corrected chi connectivity index (χ0v) is 20.4. The molecular formula is C26H39N3O4. The first-order chi connectivity index (χ1) is 15.8. The predicted octanol–water partition coefficient (Wildman–Crippen LogP) is 4.06. The zero-order chi connectivity index (χ0) is 23.0. The Kier molecular flexibility index (Phi) is 6.54. The number of pyridine rings is 1. The number of amides is 1. The van der Waals surface area contributed by atoms with Crippen LogP contribution >= 0.6 is 0 Å². The van der Waals surface area contributed by atoms with Crippen LogP contribution in [0.4, 0.5) is 4.79 Å². The molecule has 0 N–H and O–H groups in total. The van der Waals surface area contributed by atoms with Gasteiger partial charge >= 0.3 is 6.09 Å². The third-order valence-corrected chi connectivity index (χ3v) is 7.37. The van der Waals surface area contributed by atoms with E-state index in [1.54, 1.807) is 0 Å². The molecule has 1 aliphatic carbocycles. The number of rotatable bonds is 6. The third kappa shape index (κ3) is 5.80. The molecule has 4 heterocycles. The molecule has 3 saturated heterocycles. The van der Waals surface area contributed by atoms with E-state index in [9.17, 15) is 4.79 Å². The van der Waals surface area contributed by atoms with Crippen LogP contribution in [0.3, 0.4) is 0 Å². The average molecular weight is 458 g/mol. The Hall–Kier alpha value is -1.86. The quantitative estimate of drug-likeness (QED) is 0.642. The van der Waals surface area contributed by atoms with Gasteiger partial charge in [0.15, 0.2) is 0 Å². The van der Waals surface area contributed by atoms with Gasteiger partial charge in [0.25, 0.3) is 0 Å². The van der Waals surface area contributed by atoms with Crippen LogP contribution in [-0.4, -0.2) is 72.5 Å². The first kappa shape index (κ1) is 22.9. The number of nitrogens with zero attached hydrogens (tertiary/aromatic N) is 3. The molecule has 3 aliphatic heterocycles. The second-order valence-corrected chi connectivity index (χ2v) is 11.5. The molecule has 0 unspecified atom stereocenters. The van der Waals surface area contributed by atoms with Crippen molar-refractivity contribution in [3.8, 4) is 5.88 Å². The predicted molar refractivity (Wildman–Crippen MR) is 125 cm³/mol. The van der Waals surface area contributed by atoms with Crippen molar-refractivity contribution in [2.75, 3.05) is 46.0 Å². The lowest BCUT2D eigenvalue weighted by atomic mass is 10.0. The Morgan fingerprint density at radius 2 is 1.79 bits per heavy atom. The smallest absolute Gasteiger partial charge is 0.410 e. The Labute approximate surface area is 197 Å². The molecule has 4 fully saturated rings. The molecule has 1 saturated carbocycles. The van der Waals surface area contributed by atoms with Crippen LogP contribution in [0.1, 0.15) is 63.5 Å². The molecule has 1 aromatic heterocycles. The highest BCUT2D eigenvalue weighted by molar-refractivity contribution is 5.68. The van der Waals surface area contributed by atoms with E-state index in [1.807, 2.05) is 31.9 Å². The molecule has 5 rings (SSSR count). The van der Waals surface area contributed by atoms with Gasteiger partial charge in [0, 0.05) is 57.7 Å². The van der Waals surface area contributed by atoms with Crippen LogP contribution in [0.15, 0.2) is 12.3 Å². The minimum atomic E-state index is -0.437. The zero-order valence-electron chi connectivity index (χ0n) is 20.4. The molecule has 0 radical (unpaired) electrons. The number of aromatic nitrogens is 1. The fourth-order valence-electron chi connectivity index (χ4n) is 5.47. The van der Waals surface area contributed by atoms with Gasteiger partial charge in [-0.15, -0.1) is 0 Å². The van der Waals surface area contributed by atoms with Crippen molar-refractivity contribution in [2.45, 2.75) is 64.5 Å². The van der Waals surface area contributed by atoms with Crippen LogP contribution in [0.2, 0.25) is 0 Å². The summed E-state index contributed by atoms with van der Waals surface area (Å²) in [5.41, 5.74) is 2.14. The van der Waals surface area contributed by atoms with Gasteiger partial charge in [-0.2, -0.15) is 0 Å². The number of hydrogen-bond donors (Lipinski definition) is 0. The molecule has 0 aromatic carbocycles. The summed E-state index contributed by atoms with van der Waals surface area (Å²) < 4.78 is 17.2. The highest BCUT2D eigenvalue weighted by Crippen LogP contribution is 2.44. The van der Waals surface area contributed by atoms with E-state index in [1.165, 1.54) is 24.0 Å². The Bertz CT molecular complexity index is 830. The fraction of sp³-hybridized carbons (Fsp3) is 0.769. The Morgan fingerprint density at radius 3 is 2.42 bits per heavy atom. The van der Waals surface area contributed by atoms with Crippen molar-refractivity contribution in [3.63, 3.8) is 0 Å². The maximum atomic E-state index is 12.4. The molecule has 7 nitrogen and oxygen atoms in total. The molecule has 0 bridgehead atoms. The van der Waals surface area contributed by atoms with Gasteiger partial charge in [0.1, 0.15) is 5.60 Å². The van der Waals surface area contributed by atoms with E-state index in [2.05, 4.69) is 11.0 Å². The molecule has 1 amide bonds. The number of likely N-dealkylation sites (tertiary alicyclic amines) is 2. The third-order valence-electron chi connectivity index (χ3n) is 7.37. The van der Waals surface area contributed by atoms with E-state index in [0.717, 1.165) is 71.3 Å². The second-order valence-electron chi connectivity index (χ2n) is 11.5. The number of carbonyl (C=O) groups excluding carboxylic acids is 1. The van der Waals surface area contributed by atoms with Crippen LogP contribution in [0, 0.1) is 17.8 Å². The molecule has 182 valence electrons. The molecule has 2 atom stereocenters. The minimum Gasteiger partial charge on any atom is -0.477 e. The van der Waals surface area contributed by atoms with Gasteiger partial charge in [0.05, 0.1) is 6.61 Å². The summed E-state index contributed by atoms with van der Waals surface area (Å²) in [6, 6.07) is 2.34. The summed E-state index contributed by atoms with van der Waals surface area (Å²) in [5, 5.41) is 0. The van der Waals surface area contributed by atoms with Gasteiger partial charge in [-0.1, -0.05) is 0 Å². The van der Waals surface area contributed by atoms with Gasteiger partial charge in [-0.05, 0) is 81.8 Å². The average Bonchev–Trinajstić information content (AvgIpc) is 3.43. The number of ether oxygens (including phenoxy) is 3. The Balaban J connectivity index is 1.15. The first-order valence-electron chi connectivity index (χ1n) is 12.7. The van der Waals surface area contributed by atoms with Crippen molar-refractivity contribution in [3.05, 3.63) is 23.4 Å². The maximum absolute atomic E-state index is 12.4. The summed E-state index contributed by atoms with van der Waals surface area (Å²) in [5.74, 6) is 3.11. The fourth-order valence-corrected chi connectivity index (χ4v) is 5.47. The Morgan fingerprint density at radius 1 is 1.09 bits per heavy atom. The van der Waals surface area contributed by atoms with Crippen molar-refractivity contribution < 1.29 is 19.0 Å². The second kappa shape index (κ2) is 9.41. The summed E-state index contributed by atoms with van der Waals surface area (Å²) in [6.07, 6.45) is 6.49. The normalized spacial score (nSPS) is 26.5. The van der Waals surface area contributed by atoms with Gasteiger partial charge in [0.2, 0.25) is 5.88 Å². The molecule has 33 heavy (non-hydrogen) atoms. The van der Waals surface area contributed by atoms with Crippen molar-refractivity contribution in [1.82, 2.24) is 14.8 Å². The SMILES string of the molecule is CC(C)(C)OC(=O)N1C[C@H]2CN(Cc3cnc(OCC4CCOCC4)c(C4CC4)c3)C[C@@H]2C1. The number of carbonyl (C=O) groups is 1. The lowest BCUT2D eigenvalue weighted by molar-refractivity contribution is 0.0274. The minimum absolute atomic E-state index is 0.168. The van der Waals surface area contributed by atoms with Gasteiger partial charge in [-0.3, -0.25) is 4.90 Å². The van der Waals surface area contributed by atoms with E-state index >= 15 is 0 Å². The monoisotopic (exact) mass is 457 g/mol. The molecule has 4 aliphatic rings. The number of hydrogen-bond acceptors (Lipinski definition) is 6. The van der Waals surface area contributed by atoms with Gasteiger partial charge in [-0.25, -0.2) is 9.78 Å². The lowest BCUT2D eigenvalue weighted by Gasteiger charge is -2.26. The molecule has 0 spiro atoms. The van der Waals surface area contributed by atoms with Crippen molar-refractivity contribution in [2.24, 2.45) is 17.8 Å². The van der Waals surface area contributed by atoms with Gasteiger partial charge < -0.3 is 19.1 Å². The summed E-state index contributed by atoms with van der Waals surface area (Å²) >= 11 is 0. The summed E-state index contributed by atoms with van der Waals surface area (Å²) in [4.78, 5) is 21.6. The highest BCUT2D eigenvalue weighted by Gasteiger charge is 2.42. The van der Waals surface area contributed by atoms with Crippen LogP contribution in [-0.2, 0) is 16.0 Å².